The van der Waals surface area contributed by atoms with Crippen LogP contribution in [0.1, 0.15) is 16.1 Å². The van der Waals surface area contributed by atoms with Gasteiger partial charge in [0.15, 0.2) is 0 Å². The van der Waals surface area contributed by atoms with Crippen LogP contribution in [0.3, 0.4) is 0 Å². The molecule has 8 heteroatoms. The van der Waals surface area contributed by atoms with Gasteiger partial charge >= 0.3 is 6.18 Å². The van der Waals surface area contributed by atoms with Crippen molar-refractivity contribution in [1.29, 1.82) is 5.26 Å². The summed E-state index contributed by atoms with van der Waals surface area (Å²) in [5.41, 5.74) is -0.382. The van der Waals surface area contributed by atoms with Crippen molar-refractivity contribution in [2.24, 2.45) is 0 Å². The zero-order valence-corrected chi connectivity index (χ0v) is 14.7. The van der Waals surface area contributed by atoms with Crippen LogP contribution in [0.2, 0.25) is 0 Å². The maximum atomic E-state index is 12.8. The number of halogens is 4. The predicted molar refractivity (Wildman–Crippen MR) is 93.8 cm³/mol. The molecular formula is C17H8BrF3N2OS. The number of thiazole rings is 1. The number of allylic oxidation sites excluding steroid dienone is 1. The number of aliphatic hydroxyl groups is 1. The molecule has 0 aliphatic carbocycles. The third kappa shape index (κ3) is 3.38. The smallest absolute Gasteiger partial charge is 0.416 e. The molecule has 3 nitrogen and oxygen atoms in total. The fraction of sp³-hybridized carbons (Fsp3) is 0.0588. The molecule has 2 aromatic carbocycles. The average Bonchev–Trinajstić information content (AvgIpc) is 2.97. The Bertz CT molecular complexity index is 1030. The van der Waals surface area contributed by atoms with Gasteiger partial charge in [-0.15, -0.1) is 11.3 Å². The Morgan fingerprint density at radius 3 is 2.56 bits per heavy atom. The summed E-state index contributed by atoms with van der Waals surface area (Å²) in [6.45, 7) is 0. The molecule has 0 aliphatic heterocycles. The Morgan fingerprint density at radius 2 is 1.92 bits per heavy atom. The van der Waals surface area contributed by atoms with Crippen molar-refractivity contribution in [2.45, 2.75) is 6.18 Å². The predicted octanol–water partition coefficient (Wildman–Crippen LogP) is 6.03. The first-order chi connectivity index (χ1) is 11.8. The van der Waals surface area contributed by atoms with E-state index in [-0.39, 0.29) is 21.9 Å². The second-order valence-corrected chi connectivity index (χ2v) is 6.90. The number of nitriles is 1. The molecule has 126 valence electrons. The summed E-state index contributed by atoms with van der Waals surface area (Å²) in [7, 11) is 0. The lowest BCUT2D eigenvalue weighted by Crippen LogP contribution is -2.03. The van der Waals surface area contributed by atoms with Gasteiger partial charge in [0.1, 0.15) is 22.4 Å². The minimum atomic E-state index is -4.47. The summed E-state index contributed by atoms with van der Waals surface area (Å²) in [4.78, 5) is 4.10. The number of alkyl halides is 3. The summed E-state index contributed by atoms with van der Waals surface area (Å²) < 4.78 is 39.5. The lowest BCUT2D eigenvalue weighted by Gasteiger charge is -2.05. The van der Waals surface area contributed by atoms with E-state index in [1.54, 1.807) is 24.3 Å². The van der Waals surface area contributed by atoms with Gasteiger partial charge in [0, 0.05) is 10.0 Å². The average molecular weight is 425 g/mol. The van der Waals surface area contributed by atoms with Crippen molar-refractivity contribution in [3.8, 4) is 6.07 Å². The highest BCUT2D eigenvalue weighted by Gasteiger charge is 2.31. The molecule has 0 unspecified atom stereocenters. The van der Waals surface area contributed by atoms with E-state index in [0.717, 1.165) is 23.5 Å². The summed E-state index contributed by atoms with van der Waals surface area (Å²) in [6.07, 6.45) is -4.47. The molecule has 1 heterocycles. The molecule has 1 N–H and O–H groups in total. The number of benzene rings is 2. The zero-order chi connectivity index (χ0) is 18.2. The van der Waals surface area contributed by atoms with E-state index in [0.29, 0.717) is 14.7 Å². The van der Waals surface area contributed by atoms with Crippen LogP contribution in [-0.4, -0.2) is 10.1 Å². The van der Waals surface area contributed by atoms with Crippen LogP contribution in [0.4, 0.5) is 13.2 Å². The van der Waals surface area contributed by atoms with Gasteiger partial charge in [-0.2, -0.15) is 18.4 Å². The third-order valence-corrected chi connectivity index (χ3v) is 5.15. The molecule has 0 bridgehead atoms. The van der Waals surface area contributed by atoms with Crippen LogP contribution >= 0.6 is 27.3 Å². The quantitative estimate of drug-likeness (QED) is 0.403. The molecule has 3 rings (SSSR count). The molecular weight excluding hydrogens is 417 g/mol. The van der Waals surface area contributed by atoms with Gasteiger partial charge in [0.2, 0.25) is 0 Å². The largest absolute Gasteiger partial charge is 0.506 e. The maximum absolute atomic E-state index is 12.8. The molecule has 0 spiro atoms. The lowest BCUT2D eigenvalue weighted by atomic mass is 10.1. The van der Waals surface area contributed by atoms with Crippen LogP contribution in [-0.2, 0) is 6.18 Å². The van der Waals surface area contributed by atoms with Crippen molar-refractivity contribution < 1.29 is 18.3 Å². The Kier molecular flexibility index (Phi) is 4.54. The van der Waals surface area contributed by atoms with Crippen molar-refractivity contribution in [3.05, 3.63) is 63.1 Å². The lowest BCUT2D eigenvalue weighted by molar-refractivity contribution is -0.137. The topological polar surface area (TPSA) is 56.9 Å². The fourth-order valence-corrected chi connectivity index (χ4v) is 3.62. The van der Waals surface area contributed by atoms with E-state index in [4.69, 9.17) is 0 Å². The van der Waals surface area contributed by atoms with Gasteiger partial charge < -0.3 is 5.11 Å². The van der Waals surface area contributed by atoms with Crippen molar-refractivity contribution >= 4 is 48.8 Å². The summed E-state index contributed by atoms with van der Waals surface area (Å²) >= 11 is 4.33. The summed E-state index contributed by atoms with van der Waals surface area (Å²) in [5, 5.41) is 20.0. The van der Waals surface area contributed by atoms with E-state index >= 15 is 0 Å². The van der Waals surface area contributed by atoms with Gasteiger partial charge in [0.25, 0.3) is 0 Å². The molecule has 0 radical (unpaired) electrons. The van der Waals surface area contributed by atoms with E-state index < -0.39 is 11.7 Å². The molecule has 0 amide bonds. The van der Waals surface area contributed by atoms with Crippen molar-refractivity contribution in [2.75, 3.05) is 0 Å². The first-order valence-corrected chi connectivity index (χ1v) is 8.48. The van der Waals surface area contributed by atoms with Gasteiger partial charge in [-0.1, -0.05) is 34.1 Å². The highest BCUT2D eigenvalue weighted by molar-refractivity contribution is 9.10. The number of hydrogen-bond donors (Lipinski definition) is 1. The van der Waals surface area contributed by atoms with E-state index in [2.05, 4.69) is 20.9 Å². The first-order valence-electron chi connectivity index (χ1n) is 6.87. The third-order valence-electron chi connectivity index (χ3n) is 3.41. The van der Waals surface area contributed by atoms with Crippen LogP contribution in [0, 0.1) is 11.3 Å². The first kappa shape index (κ1) is 17.5. The van der Waals surface area contributed by atoms with Crippen LogP contribution in [0.5, 0.6) is 0 Å². The Labute approximate surface area is 152 Å². The van der Waals surface area contributed by atoms with Gasteiger partial charge in [-0.3, -0.25) is 0 Å². The number of nitrogens with zero attached hydrogens (tertiary/aromatic N) is 2. The normalized spacial score (nSPS) is 12.8. The Morgan fingerprint density at radius 1 is 1.20 bits per heavy atom. The second kappa shape index (κ2) is 6.50. The second-order valence-electron chi connectivity index (χ2n) is 5.01. The monoisotopic (exact) mass is 424 g/mol. The SMILES string of the molecule is N#CC(=C(O)c1ccccc1Br)c1nc2cc(C(F)(F)F)ccc2s1. The number of aliphatic hydroxyl groups excluding tert-OH is 1. The number of hydrogen-bond acceptors (Lipinski definition) is 4. The van der Waals surface area contributed by atoms with E-state index in [1.807, 2.05) is 6.07 Å². The fourth-order valence-electron chi connectivity index (χ4n) is 2.20. The van der Waals surface area contributed by atoms with Gasteiger partial charge in [0.05, 0.1) is 15.8 Å². The summed E-state index contributed by atoms with van der Waals surface area (Å²) in [6, 6.07) is 11.9. The molecule has 0 fully saturated rings. The van der Waals surface area contributed by atoms with E-state index in [1.165, 1.54) is 6.07 Å². The zero-order valence-electron chi connectivity index (χ0n) is 12.3. The highest BCUT2D eigenvalue weighted by Crippen LogP contribution is 2.36. The molecule has 0 saturated heterocycles. The molecule has 0 saturated carbocycles. The standard InChI is InChI=1S/C17H8BrF3N2OS/c18-12-4-2-1-3-10(12)15(24)11(8-22)16-23-13-7-9(17(19,20)21)5-6-14(13)25-16/h1-7,24H. The molecule has 3 aromatic rings. The maximum Gasteiger partial charge on any atom is 0.416 e. The highest BCUT2D eigenvalue weighted by atomic mass is 79.9. The number of rotatable bonds is 2. The van der Waals surface area contributed by atoms with Gasteiger partial charge in [-0.25, -0.2) is 4.98 Å². The Hall–Kier alpha value is -2.37. The minimum Gasteiger partial charge on any atom is -0.506 e. The van der Waals surface area contributed by atoms with Crippen LogP contribution in [0.25, 0.3) is 21.5 Å². The molecule has 1 aromatic heterocycles. The minimum absolute atomic E-state index is 0.0957. The number of aromatic nitrogens is 1. The molecule has 0 aliphatic rings. The van der Waals surface area contributed by atoms with Gasteiger partial charge in [-0.05, 0) is 24.3 Å². The van der Waals surface area contributed by atoms with Crippen molar-refractivity contribution in [1.82, 2.24) is 4.98 Å². The summed E-state index contributed by atoms with van der Waals surface area (Å²) in [5.74, 6) is -0.287. The molecule has 0 atom stereocenters. The Balaban J connectivity index is 2.15. The van der Waals surface area contributed by atoms with Crippen LogP contribution < -0.4 is 0 Å². The number of fused-ring (bicyclic) bond motifs is 1. The molecule has 25 heavy (non-hydrogen) atoms. The van der Waals surface area contributed by atoms with Crippen LogP contribution in [0.15, 0.2) is 46.9 Å². The van der Waals surface area contributed by atoms with E-state index in [9.17, 15) is 23.5 Å². The van der Waals surface area contributed by atoms with Crippen molar-refractivity contribution in [3.63, 3.8) is 0 Å².